The molecule has 0 spiro atoms. The van der Waals surface area contributed by atoms with Crippen molar-refractivity contribution in [2.45, 2.75) is 0 Å². The molecule has 0 aliphatic heterocycles. The largest absolute Gasteiger partial charge is 0.317 e. The molecule has 1 aromatic carbocycles. The van der Waals surface area contributed by atoms with E-state index in [9.17, 15) is 19.3 Å². The van der Waals surface area contributed by atoms with Crippen LogP contribution in [0.5, 0.6) is 0 Å². The van der Waals surface area contributed by atoms with Gasteiger partial charge in [-0.25, -0.2) is 0 Å². The standard InChI is InChI=1S/C7H2BrClFNO3/c8-3-1-2-4(10)6(11(13)14)5(3)7(9)12/h1-2H. The van der Waals surface area contributed by atoms with Gasteiger partial charge in [0.1, 0.15) is 5.56 Å². The van der Waals surface area contributed by atoms with Crippen LogP contribution in [0.3, 0.4) is 0 Å². The summed E-state index contributed by atoms with van der Waals surface area (Å²) in [5.74, 6) is -1.10. The first-order valence-corrected chi connectivity index (χ1v) is 4.44. The van der Waals surface area contributed by atoms with Gasteiger partial charge in [-0.1, -0.05) is 0 Å². The molecule has 0 fully saturated rings. The highest BCUT2D eigenvalue weighted by molar-refractivity contribution is 9.10. The highest BCUT2D eigenvalue weighted by Gasteiger charge is 2.26. The van der Waals surface area contributed by atoms with E-state index >= 15 is 0 Å². The lowest BCUT2D eigenvalue weighted by Crippen LogP contribution is -2.02. The summed E-state index contributed by atoms with van der Waals surface area (Å²) in [5.41, 5.74) is -1.39. The Labute approximate surface area is 90.9 Å². The number of nitrogens with zero attached hydrogens (tertiary/aromatic N) is 1. The molecule has 0 saturated heterocycles. The fourth-order valence-corrected chi connectivity index (χ4v) is 1.71. The number of halogens is 3. The second-order valence-electron chi connectivity index (χ2n) is 2.28. The molecule has 0 atom stereocenters. The minimum atomic E-state index is -1.10. The van der Waals surface area contributed by atoms with Gasteiger partial charge >= 0.3 is 5.69 Å². The minimum absolute atomic E-state index is 0.0885. The molecule has 0 aliphatic rings. The SMILES string of the molecule is O=C(Cl)c1c(Br)ccc(F)c1[N+](=O)[O-]. The Hall–Kier alpha value is -1.01. The molecule has 0 saturated carbocycles. The van der Waals surface area contributed by atoms with E-state index in [0.29, 0.717) is 0 Å². The lowest BCUT2D eigenvalue weighted by molar-refractivity contribution is -0.387. The van der Waals surface area contributed by atoms with E-state index in [1.165, 1.54) is 6.07 Å². The van der Waals surface area contributed by atoms with E-state index in [4.69, 9.17) is 11.6 Å². The summed E-state index contributed by atoms with van der Waals surface area (Å²) in [4.78, 5) is 20.3. The molecular weight excluding hydrogens is 280 g/mol. The Bertz CT molecular complexity index is 385. The molecule has 0 aliphatic carbocycles. The number of nitro groups is 1. The van der Waals surface area contributed by atoms with Crippen molar-refractivity contribution in [3.8, 4) is 0 Å². The number of hydrogen-bond acceptors (Lipinski definition) is 3. The highest BCUT2D eigenvalue weighted by atomic mass is 79.9. The van der Waals surface area contributed by atoms with Gasteiger partial charge in [-0.15, -0.1) is 0 Å². The summed E-state index contributed by atoms with van der Waals surface area (Å²) in [6, 6.07) is 2.06. The van der Waals surface area contributed by atoms with Crippen molar-refractivity contribution in [3.63, 3.8) is 0 Å². The third kappa shape index (κ3) is 1.91. The second-order valence-corrected chi connectivity index (χ2v) is 3.48. The Morgan fingerprint density at radius 1 is 1.57 bits per heavy atom. The molecule has 0 N–H and O–H groups in total. The van der Waals surface area contributed by atoms with E-state index in [1.807, 2.05) is 0 Å². The van der Waals surface area contributed by atoms with Gasteiger partial charge in [0.15, 0.2) is 0 Å². The van der Waals surface area contributed by atoms with Gasteiger partial charge in [0.05, 0.1) is 4.92 Å². The first kappa shape index (κ1) is 11.1. The number of benzene rings is 1. The average Bonchev–Trinajstić information content (AvgIpc) is 2.07. The molecule has 7 heteroatoms. The van der Waals surface area contributed by atoms with Gasteiger partial charge < -0.3 is 0 Å². The highest BCUT2D eigenvalue weighted by Crippen LogP contribution is 2.30. The van der Waals surface area contributed by atoms with Gasteiger partial charge in [0.25, 0.3) is 5.24 Å². The lowest BCUT2D eigenvalue weighted by Gasteiger charge is -2.00. The Morgan fingerprint density at radius 2 is 2.14 bits per heavy atom. The zero-order valence-electron chi connectivity index (χ0n) is 6.46. The minimum Gasteiger partial charge on any atom is -0.275 e. The van der Waals surface area contributed by atoms with Crippen molar-refractivity contribution in [3.05, 3.63) is 38.1 Å². The van der Waals surface area contributed by atoms with E-state index < -0.39 is 27.2 Å². The molecule has 14 heavy (non-hydrogen) atoms. The normalized spacial score (nSPS) is 9.93. The van der Waals surface area contributed by atoms with Gasteiger partial charge in [0.2, 0.25) is 5.82 Å². The summed E-state index contributed by atoms with van der Waals surface area (Å²) in [7, 11) is 0. The molecule has 0 heterocycles. The van der Waals surface area contributed by atoms with Crippen molar-refractivity contribution in [1.29, 1.82) is 0 Å². The van der Waals surface area contributed by atoms with Crippen LogP contribution < -0.4 is 0 Å². The summed E-state index contributed by atoms with van der Waals surface area (Å²) in [5, 5.41) is 9.35. The summed E-state index contributed by atoms with van der Waals surface area (Å²) in [6.07, 6.45) is 0. The molecule has 1 aromatic rings. The van der Waals surface area contributed by atoms with Crippen LogP contribution in [-0.4, -0.2) is 10.2 Å². The van der Waals surface area contributed by atoms with Crippen LogP contribution in [0.25, 0.3) is 0 Å². The van der Waals surface area contributed by atoms with E-state index in [-0.39, 0.29) is 4.47 Å². The van der Waals surface area contributed by atoms with Crippen molar-refractivity contribution in [2.75, 3.05) is 0 Å². The van der Waals surface area contributed by atoms with Gasteiger partial charge in [-0.2, -0.15) is 4.39 Å². The predicted molar refractivity (Wildman–Crippen MR) is 50.9 cm³/mol. The third-order valence-corrected chi connectivity index (χ3v) is 2.31. The molecule has 0 unspecified atom stereocenters. The topological polar surface area (TPSA) is 60.2 Å². The number of carbonyl (C=O) groups is 1. The van der Waals surface area contributed by atoms with Crippen LogP contribution in [0.2, 0.25) is 0 Å². The third-order valence-electron chi connectivity index (χ3n) is 1.46. The summed E-state index contributed by atoms with van der Waals surface area (Å²) < 4.78 is 13.1. The lowest BCUT2D eigenvalue weighted by atomic mass is 10.2. The van der Waals surface area contributed by atoms with Gasteiger partial charge in [-0.3, -0.25) is 14.9 Å². The fourth-order valence-electron chi connectivity index (χ4n) is 0.907. The zero-order valence-corrected chi connectivity index (χ0v) is 8.80. The Morgan fingerprint density at radius 3 is 2.50 bits per heavy atom. The summed E-state index contributed by atoms with van der Waals surface area (Å²) in [6.45, 7) is 0. The molecule has 4 nitrogen and oxygen atoms in total. The van der Waals surface area contributed by atoms with Crippen molar-refractivity contribution < 1.29 is 14.1 Å². The molecule has 74 valence electrons. The molecular formula is C7H2BrClFNO3. The van der Waals surface area contributed by atoms with E-state index in [0.717, 1.165) is 6.07 Å². The summed E-state index contributed by atoms with van der Waals surface area (Å²) >= 11 is 7.96. The van der Waals surface area contributed by atoms with Gasteiger partial charge in [0, 0.05) is 4.47 Å². The Balaban J connectivity index is 3.58. The van der Waals surface area contributed by atoms with Crippen LogP contribution in [0.15, 0.2) is 16.6 Å². The number of rotatable bonds is 2. The molecule has 0 bridgehead atoms. The molecule has 0 aromatic heterocycles. The van der Waals surface area contributed by atoms with Crippen molar-refractivity contribution in [2.24, 2.45) is 0 Å². The molecule has 0 radical (unpaired) electrons. The van der Waals surface area contributed by atoms with Crippen LogP contribution in [0.4, 0.5) is 10.1 Å². The van der Waals surface area contributed by atoms with Crippen LogP contribution in [-0.2, 0) is 0 Å². The first-order chi connectivity index (χ1) is 6.45. The Kier molecular flexibility index (Phi) is 3.17. The predicted octanol–water partition coefficient (Wildman–Crippen LogP) is 2.88. The fraction of sp³-hybridized carbons (Fsp3) is 0. The monoisotopic (exact) mass is 281 g/mol. The van der Waals surface area contributed by atoms with E-state index in [1.54, 1.807) is 0 Å². The van der Waals surface area contributed by atoms with E-state index in [2.05, 4.69) is 15.9 Å². The quantitative estimate of drug-likeness (QED) is 0.476. The van der Waals surface area contributed by atoms with Crippen LogP contribution in [0.1, 0.15) is 10.4 Å². The zero-order chi connectivity index (χ0) is 10.9. The molecule has 1 rings (SSSR count). The average molecular weight is 282 g/mol. The molecule has 0 amide bonds. The number of hydrogen-bond donors (Lipinski definition) is 0. The van der Waals surface area contributed by atoms with Crippen molar-refractivity contribution in [1.82, 2.24) is 0 Å². The van der Waals surface area contributed by atoms with Crippen molar-refractivity contribution >= 4 is 38.5 Å². The van der Waals surface area contributed by atoms with Crippen LogP contribution in [0, 0.1) is 15.9 Å². The smallest absolute Gasteiger partial charge is 0.275 e. The number of carbonyl (C=O) groups excluding carboxylic acids is 1. The second kappa shape index (κ2) is 4.02. The maximum Gasteiger partial charge on any atom is 0.317 e. The first-order valence-electron chi connectivity index (χ1n) is 3.27. The maximum atomic E-state index is 13.0. The maximum absolute atomic E-state index is 13.0. The number of nitro benzene ring substituents is 1. The van der Waals surface area contributed by atoms with Gasteiger partial charge in [-0.05, 0) is 39.7 Å². The van der Waals surface area contributed by atoms with Crippen LogP contribution >= 0.6 is 27.5 Å².